The lowest BCUT2D eigenvalue weighted by Gasteiger charge is -2.42. The van der Waals surface area contributed by atoms with Crippen molar-refractivity contribution in [2.45, 2.75) is 24.9 Å². The lowest BCUT2D eigenvalue weighted by Crippen LogP contribution is -2.55. The van der Waals surface area contributed by atoms with Gasteiger partial charge in [-0.1, -0.05) is 11.6 Å². The van der Waals surface area contributed by atoms with Gasteiger partial charge in [-0.3, -0.25) is 13.9 Å². The molecule has 3 unspecified atom stereocenters. The third-order valence-electron chi connectivity index (χ3n) is 4.72. The van der Waals surface area contributed by atoms with Crippen molar-refractivity contribution in [1.29, 1.82) is 0 Å². The molecule has 1 aromatic rings. The van der Waals surface area contributed by atoms with Crippen LogP contribution < -0.4 is 15.8 Å². The molecule has 6 nitrogen and oxygen atoms in total. The lowest BCUT2D eigenvalue weighted by molar-refractivity contribution is 0.0877. The number of hydrogen-bond acceptors (Lipinski definition) is 5. The Morgan fingerprint density at radius 3 is 3.00 bits per heavy atom. The maximum Gasteiger partial charge on any atom is 0.255 e. The van der Waals surface area contributed by atoms with Crippen molar-refractivity contribution < 1.29 is 13.7 Å². The van der Waals surface area contributed by atoms with E-state index in [0.29, 0.717) is 27.8 Å². The Hall–Kier alpha value is -1.31. The van der Waals surface area contributed by atoms with Gasteiger partial charge in [0.2, 0.25) is 0 Å². The molecule has 0 saturated carbocycles. The summed E-state index contributed by atoms with van der Waals surface area (Å²) in [4.78, 5) is 15.0. The van der Waals surface area contributed by atoms with Crippen LogP contribution in [0.4, 0.5) is 5.69 Å². The Balaban J connectivity index is 1.69. The van der Waals surface area contributed by atoms with Crippen LogP contribution >= 0.6 is 11.6 Å². The number of hydrogen-bond donors (Lipinski definition) is 2. The molecule has 2 fully saturated rings. The van der Waals surface area contributed by atoms with Crippen molar-refractivity contribution in [2.24, 2.45) is 0 Å². The lowest BCUT2D eigenvalue weighted by atomic mass is 9.97. The highest BCUT2D eigenvalue weighted by molar-refractivity contribution is 7.85. The zero-order valence-corrected chi connectivity index (χ0v) is 15.2. The second kappa shape index (κ2) is 7.29. The number of amides is 1. The van der Waals surface area contributed by atoms with Crippen LogP contribution in [-0.2, 0) is 10.8 Å². The first kappa shape index (κ1) is 17.5. The van der Waals surface area contributed by atoms with E-state index < -0.39 is 10.8 Å². The number of rotatable bonds is 3. The fraction of sp³-hybridized carbons (Fsp3) is 0.562. The number of anilines is 1. The predicted molar refractivity (Wildman–Crippen MR) is 96.1 cm³/mol. The zero-order valence-electron chi connectivity index (χ0n) is 13.6. The second-order valence-corrected chi connectivity index (χ2v) is 8.30. The first-order valence-electron chi connectivity index (χ1n) is 8.01. The molecule has 1 aromatic carbocycles. The summed E-state index contributed by atoms with van der Waals surface area (Å²) in [6.07, 6.45) is 1.71. The Bertz CT molecular complexity index is 670. The molecule has 2 heterocycles. The van der Waals surface area contributed by atoms with Gasteiger partial charge in [0.15, 0.2) is 0 Å². The number of nitrogen functional groups attached to an aromatic ring is 1. The summed E-state index contributed by atoms with van der Waals surface area (Å²) >= 11 is 6.04. The molecule has 132 valence electrons. The molecular weight excluding hydrogens is 350 g/mol. The minimum absolute atomic E-state index is 0.0647. The number of nitrogens with one attached hydrogen (secondary N) is 1. The van der Waals surface area contributed by atoms with E-state index in [0.717, 1.165) is 31.7 Å². The summed E-state index contributed by atoms with van der Waals surface area (Å²) in [6, 6.07) is 3.45. The van der Waals surface area contributed by atoms with Gasteiger partial charge in [0.25, 0.3) is 5.91 Å². The van der Waals surface area contributed by atoms with E-state index in [1.165, 1.54) is 13.2 Å². The van der Waals surface area contributed by atoms with Crippen LogP contribution in [0.3, 0.4) is 0 Å². The molecule has 3 rings (SSSR count). The molecule has 1 amide bonds. The van der Waals surface area contributed by atoms with E-state index in [4.69, 9.17) is 22.1 Å². The number of methoxy groups -OCH3 is 1. The van der Waals surface area contributed by atoms with E-state index in [1.807, 2.05) is 0 Å². The first-order valence-corrected chi connectivity index (χ1v) is 9.87. The van der Waals surface area contributed by atoms with Crippen LogP contribution in [-0.4, -0.2) is 58.8 Å². The molecule has 2 aliphatic rings. The fourth-order valence-corrected chi connectivity index (χ4v) is 4.94. The molecule has 0 spiro atoms. The molecule has 8 heteroatoms. The van der Waals surface area contributed by atoms with Crippen molar-refractivity contribution in [3.63, 3.8) is 0 Å². The molecule has 2 aliphatic heterocycles. The highest BCUT2D eigenvalue weighted by Crippen LogP contribution is 2.29. The number of piperidine rings is 1. The number of nitrogens with zero attached hydrogens (tertiary/aromatic N) is 1. The van der Waals surface area contributed by atoms with Crippen LogP contribution in [0.15, 0.2) is 12.1 Å². The van der Waals surface area contributed by atoms with Gasteiger partial charge in [-0.2, -0.15) is 0 Å². The monoisotopic (exact) mass is 371 g/mol. The van der Waals surface area contributed by atoms with Crippen LogP contribution in [0.25, 0.3) is 0 Å². The van der Waals surface area contributed by atoms with Crippen molar-refractivity contribution in [3.8, 4) is 5.75 Å². The van der Waals surface area contributed by atoms with Gasteiger partial charge in [0.05, 0.1) is 23.4 Å². The normalized spacial score (nSPS) is 27.3. The third-order valence-corrected chi connectivity index (χ3v) is 6.44. The minimum Gasteiger partial charge on any atom is -0.496 e. The molecule has 0 aromatic heterocycles. The first-order chi connectivity index (χ1) is 11.5. The maximum absolute atomic E-state index is 12.6. The standard InChI is InChI=1S/C16H22ClN3O3S/c1-23-15-8-14(18)13(17)7-12(15)16(21)19-10-2-3-20-4-5-24(22)9-11(20)6-10/h7-8,10-11H,2-6,9,18H2,1H3,(H,19,21). The molecule has 24 heavy (non-hydrogen) atoms. The number of carbonyl (C=O) groups excluding carboxylic acids is 1. The quantitative estimate of drug-likeness (QED) is 0.781. The van der Waals surface area contributed by atoms with E-state index in [2.05, 4.69) is 10.2 Å². The molecule has 0 aliphatic carbocycles. The van der Waals surface area contributed by atoms with Gasteiger partial charge >= 0.3 is 0 Å². The van der Waals surface area contributed by atoms with Gasteiger partial charge in [-0.15, -0.1) is 0 Å². The largest absolute Gasteiger partial charge is 0.496 e. The van der Waals surface area contributed by atoms with Gasteiger partial charge in [0, 0.05) is 53.5 Å². The van der Waals surface area contributed by atoms with Gasteiger partial charge in [0.1, 0.15) is 5.75 Å². The average Bonchev–Trinajstić information content (AvgIpc) is 2.56. The number of fused-ring (bicyclic) bond motifs is 1. The Kier molecular flexibility index (Phi) is 5.32. The number of benzene rings is 1. The van der Waals surface area contributed by atoms with Gasteiger partial charge in [-0.25, -0.2) is 0 Å². The third kappa shape index (κ3) is 3.68. The molecule has 2 saturated heterocycles. The summed E-state index contributed by atoms with van der Waals surface area (Å²) in [7, 11) is 0.757. The summed E-state index contributed by atoms with van der Waals surface area (Å²) in [5, 5.41) is 3.39. The van der Waals surface area contributed by atoms with Crippen LogP contribution in [0.5, 0.6) is 5.75 Å². The topological polar surface area (TPSA) is 84.7 Å². The smallest absolute Gasteiger partial charge is 0.255 e. The van der Waals surface area contributed by atoms with Crippen LogP contribution in [0.2, 0.25) is 5.02 Å². The molecule has 0 radical (unpaired) electrons. The summed E-state index contributed by atoms with van der Waals surface area (Å²) in [5.74, 6) is 1.65. The SMILES string of the molecule is COc1cc(N)c(Cl)cc1C(=O)NC1CCN2CCS(=O)CC2C1. The van der Waals surface area contributed by atoms with E-state index in [9.17, 15) is 9.00 Å². The van der Waals surface area contributed by atoms with Crippen molar-refractivity contribution in [2.75, 3.05) is 37.4 Å². The average molecular weight is 372 g/mol. The summed E-state index contributed by atoms with van der Waals surface area (Å²) in [6.45, 7) is 1.81. The van der Waals surface area contributed by atoms with E-state index in [-0.39, 0.29) is 18.0 Å². The van der Waals surface area contributed by atoms with E-state index >= 15 is 0 Å². The maximum atomic E-state index is 12.6. The van der Waals surface area contributed by atoms with Crippen molar-refractivity contribution in [1.82, 2.24) is 10.2 Å². The number of carbonyl (C=O) groups is 1. The van der Waals surface area contributed by atoms with Crippen molar-refractivity contribution in [3.05, 3.63) is 22.7 Å². The highest BCUT2D eigenvalue weighted by atomic mass is 35.5. The number of halogens is 1. The van der Waals surface area contributed by atoms with E-state index in [1.54, 1.807) is 6.07 Å². The number of nitrogens with two attached hydrogens (primary N) is 1. The van der Waals surface area contributed by atoms with Crippen LogP contribution in [0.1, 0.15) is 23.2 Å². The molecule has 3 N–H and O–H groups in total. The zero-order chi connectivity index (χ0) is 17.3. The predicted octanol–water partition coefficient (Wildman–Crippen LogP) is 1.26. The van der Waals surface area contributed by atoms with Crippen molar-refractivity contribution >= 4 is 34.0 Å². The number of ether oxygens (including phenoxy) is 1. The Labute approximate surface area is 149 Å². The van der Waals surface area contributed by atoms with Gasteiger partial charge in [-0.05, 0) is 18.9 Å². The Morgan fingerprint density at radius 2 is 2.25 bits per heavy atom. The Morgan fingerprint density at radius 1 is 1.46 bits per heavy atom. The fourth-order valence-electron chi connectivity index (χ4n) is 3.39. The highest BCUT2D eigenvalue weighted by Gasteiger charge is 2.33. The molecule has 3 atom stereocenters. The minimum atomic E-state index is -0.739. The molecular formula is C16H22ClN3O3S. The van der Waals surface area contributed by atoms with Crippen LogP contribution in [0, 0.1) is 0 Å². The summed E-state index contributed by atoms with van der Waals surface area (Å²) in [5.41, 5.74) is 6.52. The van der Waals surface area contributed by atoms with Gasteiger partial charge < -0.3 is 15.8 Å². The second-order valence-electron chi connectivity index (χ2n) is 6.27. The molecule has 0 bridgehead atoms. The summed E-state index contributed by atoms with van der Waals surface area (Å²) < 4.78 is 17.0.